The fourth-order valence-electron chi connectivity index (χ4n) is 5.76. The zero-order chi connectivity index (χ0) is 33.1. The molecule has 8 nitrogen and oxygen atoms in total. The van der Waals surface area contributed by atoms with E-state index < -0.39 is 12.3 Å². The number of alkyl halides is 3. The first-order chi connectivity index (χ1) is 22.5. The van der Waals surface area contributed by atoms with Crippen LogP contribution < -0.4 is 14.8 Å². The highest BCUT2D eigenvalue weighted by molar-refractivity contribution is 6.02. The molecule has 11 heteroatoms. The van der Waals surface area contributed by atoms with E-state index in [0.717, 1.165) is 54.3 Å². The van der Waals surface area contributed by atoms with Crippen molar-refractivity contribution in [3.8, 4) is 11.5 Å². The first-order valence-electron chi connectivity index (χ1n) is 15.8. The molecule has 3 aromatic carbocycles. The Labute approximate surface area is 269 Å². The first kappa shape index (κ1) is 32.2. The number of carbonyl (C=O) groups excluding carboxylic acids is 2. The lowest BCUT2D eigenvalue weighted by Gasteiger charge is -2.18. The second kappa shape index (κ2) is 13.5. The number of aromatic nitrogens is 1. The third-order valence-electron chi connectivity index (χ3n) is 8.46. The molecule has 0 saturated heterocycles. The summed E-state index contributed by atoms with van der Waals surface area (Å²) in [5.41, 5.74) is 3.34. The van der Waals surface area contributed by atoms with Crippen LogP contribution in [0.5, 0.6) is 11.5 Å². The highest BCUT2D eigenvalue weighted by atomic mass is 19.4. The summed E-state index contributed by atoms with van der Waals surface area (Å²) in [5, 5.41) is 12.2. The van der Waals surface area contributed by atoms with Crippen molar-refractivity contribution >= 4 is 28.6 Å². The van der Waals surface area contributed by atoms with Gasteiger partial charge >= 0.3 is 12.3 Å². The number of carbonyl (C=O) groups is 3. The number of ether oxygens (including phenoxy) is 2. The summed E-state index contributed by atoms with van der Waals surface area (Å²) in [7, 11) is 0. The zero-order valence-electron chi connectivity index (χ0n) is 25.6. The molecule has 2 fully saturated rings. The minimum atomic E-state index is -4.79. The Morgan fingerprint density at radius 1 is 0.894 bits per heavy atom. The number of rotatable bonds is 15. The molecular formula is C36H35F3N2O6. The van der Waals surface area contributed by atoms with E-state index in [1.807, 2.05) is 41.0 Å². The number of hydrogen-bond acceptors (Lipinski definition) is 5. The number of amides is 1. The van der Waals surface area contributed by atoms with Gasteiger partial charge in [0.15, 0.2) is 5.78 Å². The second-order valence-electron chi connectivity index (χ2n) is 12.4. The van der Waals surface area contributed by atoms with E-state index in [1.54, 1.807) is 24.3 Å². The van der Waals surface area contributed by atoms with Crippen LogP contribution in [-0.2, 0) is 17.8 Å². The van der Waals surface area contributed by atoms with Crippen molar-refractivity contribution < 1.29 is 42.1 Å². The molecular weight excluding hydrogens is 613 g/mol. The number of benzene rings is 3. The van der Waals surface area contributed by atoms with Gasteiger partial charge in [-0.15, -0.1) is 13.2 Å². The van der Waals surface area contributed by atoms with E-state index in [2.05, 4.69) is 10.1 Å². The van der Waals surface area contributed by atoms with E-state index in [-0.39, 0.29) is 49.0 Å². The molecule has 4 aromatic rings. The third-order valence-corrected chi connectivity index (χ3v) is 8.46. The molecule has 0 aliphatic heterocycles. The standard InChI is InChI=1S/C36H35F3N2O6/c37-36(38,39)47-29-9-5-24(6-10-29)21-41-31-14-13-30(46-28-11-12-28)19-26(31)20-32(41)34(44)27(17-22-1-2-22)18-23-3-7-25(8-4-23)35(45)40-16-15-33(42)43/h3-10,13-14,19-20,22,27-28H,1-2,11-12,15-18,21H2,(H,40,45)(H,42,43). The molecule has 2 saturated carbocycles. The van der Waals surface area contributed by atoms with Gasteiger partial charge in [0.05, 0.1) is 18.2 Å². The molecule has 0 radical (unpaired) electrons. The molecule has 2 N–H and O–H groups in total. The fraction of sp³-hybridized carbons (Fsp3) is 0.361. The summed E-state index contributed by atoms with van der Waals surface area (Å²) in [6, 6.07) is 20.3. The summed E-state index contributed by atoms with van der Waals surface area (Å²) in [5.74, 6) is -0.837. The van der Waals surface area contributed by atoms with Gasteiger partial charge in [-0.05, 0) is 91.3 Å². The van der Waals surface area contributed by atoms with Crippen LogP contribution in [0.4, 0.5) is 13.2 Å². The average molecular weight is 649 g/mol. The number of carboxylic acids is 1. The summed E-state index contributed by atoms with van der Waals surface area (Å²) in [6.45, 7) is 0.295. The van der Waals surface area contributed by atoms with Crippen LogP contribution in [0.25, 0.3) is 10.9 Å². The number of hydrogen-bond donors (Lipinski definition) is 2. The molecule has 2 aliphatic rings. The number of Topliss-reactive ketones (excluding diaryl/α,β-unsaturated/α-hetero) is 1. The van der Waals surface area contributed by atoms with E-state index in [1.165, 1.54) is 12.1 Å². The molecule has 1 heterocycles. The normalized spacial score (nSPS) is 15.3. The van der Waals surface area contributed by atoms with Crippen molar-refractivity contribution in [1.29, 1.82) is 0 Å². The Morgan fingerprint density at radius 2 is 1.57 bits per heavy atom. The van der Waals surface area contributed by atoms with Crippen molar-refractivity contribution in [3.63, 3.8) is 0 Å². The summed E-state index contributed by atoms with van der Waals surface area (Å²) < 4.78 is 50.1. The van der Waals surface area contributed by atoms with Crippen molar-refractivity contribution in [1.82, 2.24) is 9.88 Å². The van der Waals surface area contributed by atoms with Crippen LogP contribution in [-0.4, -0.2) is 46.3 Å². The highest BCUT2D eigenvalue weighted by Crippen LogP contribution is 2.38. The smallest absolute Gasteiger partial charge is 0.490 e. The predicted octanol–water partition coefficient (Wildman–Crippen LogP) is 7.18. The second-order valence-corrected chi connectivity index (χ2v) is 12.4. The number of aliphatic carboxylic acids is 1. The van der Waals surface area contributed by atoms with Crippen LogP contribution in [0.1, 0.15) is 70.5 Å². The molecule has 6 rings (SSSR count). The molecule has 0 spiro atoms. The van der Waals surface area contributed by atoms with Gasteiger partial charge in [-0.3, -0.25) is 14.4 Å². The van der Waals surface area contributed by atoms with Crippen molar-refractivity contribution in [2.24, 2.45) is 11.8 Å². The van der Waals surface area contributed by atoms with Crippen molar-refractivity contribution in [2.45, 2.75) is 64.0 Å². The number of ketones is 1. The van der Waals surface area contributed by atoms with E-state index in [0.29, 0.717) is 29.2 Å². The fourth-order valence-corrected chi connectivity index (χ4v) is 5.76. The van der Waals surface area contributed by atoms with Gasteiger partial charge in [-0.25, -0.2) is 0 Å². The van der Waals surface area contributed by atoms with Gasteiger partial charge in [0.1, 0.15) is 11.5 Å². The number of nitrogens with zero attached hydrogens (tertiary/aromatic N) is 1. The van der Waals surface area contributed by atoms with Crippen LogP contribution >= 0.6 is 0 Å². The molecule has 47 heavy (non-hydrogen) atoms. The Hall–Kier alpha value is -4.80. The average Bonchev–Trinajstić information content (AvgIpc) is 3.97. The van der Waals surface area contributed by atoms with Crippen LogP contribution in [0.3, 0.4) is 0 Å². The molecule has 246 valence electrons. The Kier molecular flexibility index (Phi) is 9.24. The SMILES string of the molecule is O=C(O)CCNC(=O)c1ccc(CC(CC2CC2)C(=O)c2cc3cc(OC4CC4)ccc3n2Cc2ccc(OC(F)(F)F)cc2)cc1. The van der Waals surface area contributed by atoms with E-state index >= 15 is 0 Å². The minimum absolute atomic E-state index is 0.0229. The lowest BCUT2D eigenvalue weighted by atomic mass is 9.88. The quantitative estimate of drug-likeness (QED) is 0.132. The van der Waals surface area contributed by atoms with Gasteiger partial charge < -0.3 is 24.5 Å². The maximum atomic E-state index is 14.4. The molecule has 1 aromatic heterocycles. The van der Waals surface area contributed by atoms with Gasteiger partial charge in [-0.2, -0.15) is 0 Å². The highest BCUT2D eigenvalue weighted by Gasteiger charge is 2.33. The topological polar surface area (TPSA) is 107 Å². The third kappa shape index (κ3) is 8.72. The van der Waals surface area contributed by atoms with Crippen molar-refractivity contribution in [2.75, 3.05) is 6.54 Å². The largest absolute Gasteiger partial charge is 0.573 e. The molecule has 1 amide bonds. The number of fused-ring (bicyclic) bond motifs is 1. The maximum Gasteiger partial charge on any atom is 0.573 e. The Morgan fingerprint density at radius 3 is 2.21 bits per heavy atom. The summed E-state index contributed by atoms with van der Waals surface area (Å²) in [6.07, 6.45) is 0.591. The van der Waals surface area contributed by atoms with Crippen molar-refractivity contribution in [3.05, 3.63) is 95.2 Å². The number of halogens is 3. The predicted molar refractivity (Wildman–Crippen MR) is 168 cm³/mol. The first-order valence-corrected chi connectivity index (χ1v) is 15.8. The van der Waals surface area contributed by atoms with Gasteiger partial charge in [0.25, 0.3) is 5.91 Å². The summed E-state index contributed by atoms with van der Waals surface area (Å²) >= 11 is 0. The Balaban J connectivity index is 1.26. The zero-order valence-corrected chi connectivity index (χ0v) is 25.6. The number of nitrogens with one attached hydrogen (secondary N) is 1. The maximum absolute atomic E-state index is 14.4. The van der Waals surface area contributed by atoms with Gasteiger partial charge in [0, 0.05) is 35.5 Å². The lowest BCUT2D eigenvalue weighted by molar-refractivity contribution is -0.274. The monoisotopic (exact) mass is 648 g/mol. The minimum Gasteiger partial charge on any atom is -0.490 e. The molecule has 1 unspecified atom stereocenters. The van der Waals surface area contributed by atoms with Crippen LogP contribution in [0.2, 0.25) is 0 Å². The lowest BCUT2D eigenvalue weighted by Crippen LogP contribution is -2.26. The molecule has 1 atom stereocenters. The Bertz CT molecular complexity index is 1760. The molecule has 2 aliphatic carbocycles. The summed E-state index contributed by atoms with van der Waals surface area (Å²) in [4.78, 5) is 37.6. The van der Waals surface area contributed by atoms with Gasteiger partial charge in [-0.1, -0.05) is 37.1 Å². The van der Waals surface area contributed by atoms with E-state index in [9.17, 15) is 27.6 Å². The number of carboxylic acid groups (broad SMARTS) is 1. The van der Waals surface area contributed by atoms with E-state index in [4.69, 9.17) is 9.84 Å². The molecule has 0 bridgehead atoms. The van der Waals surface area contributed by atoms with Crippen LogP contribution in [0, 0.1) is 11.8 Å². The van der Waals surface area contributed by atoms with Gasteiger partial charge in [0.2, 0.25) is 0 Å². The van der Waals surface area contributed by atoms with Crippen LogP contribution in [0.15, 0.2) is 72.8 Å².